The molecule has 2 atom stereocenters. The Labute approximate surface area is 104 Å². The first-order valence-electron chi connectivity index (χ1n) is 6.29. The molecule has 0 radical (unpaired) electrons. The van der Waals surface area contributed by atoms with Crippen molar-refractivity contribution in [3.8, 4) is 0 Å². The van der Waals surface area contributed by atoms with E-state index in [0.29, 0.717) is 23.0 Å². The molecule has 96 valence electrons. The third-order valence-corrected chi connectivity index (χ3v) is 3.89. The van der Waals surface area contributed by atoms with E-state index in [0.717, 1.165) is 25.8 Å². The lowest BCUT2D eigenvalue weighted by molar-refractivity contribution is 0.185. The van der Waals surface area contributed by atoms with Crippen LogP contribution in [0.15, 0.2) is 17.4 Å². The number of imidazole rings is 1. The fraction of sp³-hybridized carbons (Fsp3) is 0.583. The molecule has 0 saturated heterocycles. The standard InChI is InChI=1S/C12H16N4O2/c17-5-9-3-1-2-8(9)4-16-7-15-10-11(16)13-6-14-12(10)18/h6-9,17H,1-5H2,(H,13,14,18)/t8-,9+/m0/s1. The first kappa shape index (κ1) is 11.4. The summed E-state index contributed by atoms with van der Waals surface area (Å²) in [5.41, 5.74) is 0.808. The highest BCUT2D eigenvalue weighted by Crippen LogP contribution is 2.32. The molecule has 0 unspecified atom stereocenters. The lowest BCUT2D eigenvalue weighted by Crippen LogP contribution is -2.18. The zero-order chi connectivity index (χ0) is 12.5. The third kappa shape index (κ3) is 1.82. The summed E-state index contributed by atoms with van der Waals surface area (Å²) in [6.07, 6.45) is 6.44. The van der Waals surface area contributed by atoms with Crippen LogP contribution in [0.1, 0.15) is 19.3 Å². The van der Waals surface area contributed by atoms with Gasteiger partial charge in [-0.15, -0.1) is 0 Å². The number of aliphatic hydroxyl groups excluding tert-OH is 1. The summed E-state index contributed by atoms with van der Waals surface area (Å²) in [5.74, 6) is 0.818. The maximum Gasteiger partial charge on any atom is 0.278 e. The molecule has 18 heavy (non-hydrogen) atoms. The quantitative estimate of drug-likeness (QED) is 0.829. The normalized spacial score (nSPS) is 23.8. The average molecular weight is 248 g/mol. The molecule has 2 aromatic rings. The predicted molar refractivity (Wildman–Crippen MR) is 66.1 cm³/mol. The number of hydrogen-bond acceptors (Lipinski definition) is 4. The van der Waals surface area contributed by atoms with Gasteiger partial charge in [-0.05, 0) is 24.7 Å². The van der Waals surface area contributed by atoms with Gasteiger partial charge in [0, 0.05) is 13.2 Å². The van der Waals surface area contributed by atoms with E-state index in [2.05, 4.69) is 15.0 Å². The van der Waals surface area contributed by atoms with E-state index in [1.54, 1.807) is 6.33 Å². The van der Waals surface area contributed by atoms with Gasteiger partial charge in [0.1, 0.15) is 0 Å². The van der Waals surface area contributed by atoms with Crippen molar-refractivity contribution in [1.29, 1.82) is 0 Å². The molecule has 6 heteroatoms. The topological polar surface area (TPSA) is 83.8 Å². The van der Waals surface area contributed by atoms with Crippen LogP contribution in [0.3, 0.4) is 0 Å². The number of nitrogens with one attached hydrogen (secondary N) is 1. The number of rotatable bonds is 3. The molecule has 2 aromatic heterocycles. The van der Waals surface area contributed by atoms with Crippen LogP contribution >= 0.6 is 0 Å². The Morgan fingerprint density at radius 1 is 1.39 bits per heavy atom. The van der Waals surface area contributed by atoms with E-state index >= 15 is 0 Å². The van der Waals surface area contributed by atoms with Gasteiger partial charge in [-0.25, -0.2) is 9.97 Å². The number of aromatic amines is 1. The summed E-state index contributed by atoms with van der Waals surface area (Å²) in [4.78, 5) is 22.3. The molecule has 0 spiro atoms. The molecule has 1 fully saturated rings. The number of hydrogen-bond donors (Lipinski definition) is 2. The van der Waals surface area contributed by atoms with Crippen molar-refractivity contribution >= 4 is 11.2 Å². The second kappa shape index (κ2) is 4.53. The highest BCUT2D eigenvalue weighted by molar-refractivity contribution is 5.68. The Balaban J connectivity index is 1.91. The summed E-state index contributed by atoms with van der Waals surface area (Å²) in [6.45, 7) is 1.02. The van der Waals surface area contributed by atoms with Crippen LogP contribution in [-0.2, 0) is 6.54 Å². The number of nitrogens with zero attached hydrogens (tertiary/aromatic N) is 3. The van der Waals surface area contributed by atoms with Crippen LogP contribution in [0.4, 0.5) is 0 Å². The highest BCUT2D eigenvalue weighted by atomic mass is 16.3. The molecule has 0 amide bonds. The lowest BCUT2D eigenvalue weighted by Gasteiger charge is -2.17. The molecule has 2 heterocycles. The van der Waals surface area contributed by atoms with Crippen LogP contribution in [0, 0.1) is 11.8 Å². The van der Waals surface area contributed by atoms with Gasteiger partial charge in [-0.2, -0.15) is 0 Å². The van der Waals surface area contributed by atoms with Crippen LogP contribution < -0.4 is 5.56 Å². The van der Waals surface area contributed by atoms with Gasteiger partial charge < -0.3 is 14.7 Å². The fourth-order valence-electron chi connectivity index (χ4n) is 2.87. The summed E-state index contributed by atoms with van der Waals surface area (Å²) in [7, 11) is 0. The third-order valence-electron chi connectivity index (χ3n) is 3.89. The monoisotopic (exact) mass is 248 g/mol. The molecular formula is C12H16N4O2. The maximum absolute atomic E-state index is 11.5. The Bertz CT molecular complexity index is 603. The van der Waals surface area contributed by atoms with Gasteiger partial charge in [0.25, 0.3) is 5.56 Å². The van der Waals surface area contributed by atoms with Crippen LogP contribution in [0.25, 0.3) is 11.2 Å². The van der Waals surface area contributed by atoms with E-state index < -0.39 is 0 Å². The van der Waals surface area contributed by atoms with Crippen molar-refractivity contribution in [1.82, 2.24) is 19.5 Å². The van der Waals surface area contributed by atoms with E-state index in [1.807, 2.05) is 4.57 Å². The smallest absolute Gasteiger partial charge is 0.278 e. The minimum absolute atomic E-state index is 0.205. The Morgan fingerprint density at radius 3 is 3.06 bits per heavy atom. The number of H-pyrrole nitrogens is 1. The molecular weight excluding hydrogens is 232 g/mol. The van der Waals surface area contributed by atoms with Crippen molar-refractivity contribution in [2.45, 2.75) is 25.8 Å². The van der Waals surface area contributed by atoms with Crippen LogP contribution in [0.2, 0.25) is 0 Å². The first-order valence-corrected chi connectivity index (χ1v) is 6.29. The van der Waals surface area contributed by atoms with Crippen molar-refractivity contribution in [3.63, 3.8) is 0 Å². The summed E-state index contributed by atoms with van der Waals surface area (Å²) in [5, 5.41) is 9.33. The zero-order valence-corrected chi connectivity index (χ0v) is 10.0. The highest BCUT2D eigenvalue weighted by Gasteiger charge is 2.27. The zero-order valence-electron chi connectivity index (χ0n) is 10.0. The molecule has 1 aliphatic carbocycles. The second-order valence-corrected chi connectivity index (χ2v) is 4.93. The Hall–Kier alpha value is -1.69. The van der Waals surface area contributed by atoms with Gasteiger partial charge in [0.15, 0.2) is 11.2 Å². The van der Waals surface area contributed by atoms with E-state index in [4.69, 9.17) is 0 Å². The Morgan fingerprint density at radius 2 is 2.22 bits per heavy atom. The summed E-state index contributed by atoms with van der Waals surface area (Å²) in [6, 6.07) is 0. The van der Waals surface area contributed by atoms with Gasteiger partial charge in [-0.1, -0.05) is 6.42 Å². The van der Waals surface area contributed by atoms with E-state index in [-0.39, 0.29) is 12.2 Å². The first-order chi connectivity index (χ1) is 8.79. The molecule has 3 rings (SSSR count). The number of aliphatic hydroxyl groups is 1. The largest absolute Gasteiger partial charge is 0.396 e. The van der Waals surface area contributed by atoms with Gasteiger partial charge in [0.2, 0.25) is 0 Å². The van der Waals surface area contributed by atoms with Crippen LogP contribution in [0.5, 0.6) is 0 Å². The minimum atomic E-state index is -0.205. The summed E-state index contributed by atoms with van der Waals surface area (Å²) >= 11 is 0. The molecule has 0 bridgehead atoms. The fourth-order valence-corrected chi connectivity index (χ4v) is 2.87. The molecule has 0 aromatic carbocycles. The van der Waals surface area contributed by atoms with E-state index in [9.17, 15) is 9.90 Å². The van der Waals surface area contributed by atoms with Crippen LogP contribution in [-0.4, -0.2) is 31.2 Å². The SMILES string of the molecule is O=c1[nH]cnc2c1ncn2C[C@@H]1CCC[C@@H]1CO. The average Bonchev–Trinajstić information content (AvgIpc) is 2.98. The molecule has 1 aliphatic rings. The van der Waals surface area contributed by atoms with Crippen molar-refractivity contribution in [2.75, 3.05) is 6.61 Å². The molecule has 6 nitrogen and oxygen atoms in total. The van der Waals surface area contributed by atoms with Gasteiger partial charge >= 0.3 is 0 Å². The van der Waals surface area contributed by atoms with Crippen molar-refractivity contribution in [3.05, 3.63) is 23.0 Å². The number of fused-ring (bicyclic) bond motifs is 1. The lowest BCUT2D eigenvalue weighted by atomic mass is 9.97. The van der Waals surface area contributed by atoms with Crippen molar-refractivity contribution < 1.29 is 5.11 Å². The van der Waals surface area contributed by atoms with Gasteiger partial charge in [0.05, 0.1) is 12.7 Å². The minimum Gasteiger partial charge on any atom is -0.396 e. The molecule has 2 N–H and O–H groups in total. The maximum atomic E-state index is 11.5. The predicted octanol–water partition coefficient (Wildman–Crippen LogP) is 0.528. The van der Waals surface area contributed by atoms with Gasteiger partial charge in [-0.3, -0.25) is 4.79 Å². The Kier molecular flexibility index (Phi) is 2.87. The second-order valence-electron chi connectivity index (χ2n) is 4.93. The van der Waals surface area contributed by atoms with Crippen molar-refractivity contribution in [2.24, 2.45) is 11.8 Å². The molecule has 1 saturated carbocycles. The number of aromatic nitrogens is 4. The van der Waals surface area contributed by atoms with E-state index in [1.165, 1.54) is 6.33 Å². The molecule has 0 aliphatic heterocycles. The summed E-state index contributed by atoms with van der Waals surface area (Å²) < 4.78 is 1.92.